The molecular formula is C12H22N2O4. The monoisotopic (exact) mass is 258 g/mol. The van der Waals surface area contributed by atoms with Crippen LogP contribution in [0.5, 0.6) is 0 Å². The number of β-amino-alcohol motifs (C(OH)–C–C–N with tert-alkyl or cyclic N) is 4. The summed E-state index contributed by atoms with van der Waals surface area (Å²) in [5.41, 5.74) is 0. The van der Waals surface area contributed by atoms with Crippen molar-refractivity contribution in [2.75, 3.05) is 20.1 Å². The summed E-state index contributed by atoms with van der Waals surface area (Å²) in [4.78, 5) is 5.20. The zero-order valence-electron chi connectivity index (χ0n) is 11.0. The summed E-state index contributed by atoms with van der Waals surface area (Å²) in [7, 11) is 1.56. The molecule has 18 heavy (non-hydrogen) atoms. The number of hydrogen-bond donors (Lipinski definition) is 4. The Bertz CT molecular complexity index is 274. The van der Waals surface area contributed by atoms with Crippen molar-refractivity contribution in [3.05, 3.63) is 30.6 Å². The van der Waals surface area contributed by atoms with Crippen molar-refractivity contribution in [3.63, 3.8) is 0 Å². The van der Waals surface area contributed by atoms with Crippen LogP contribution in [0.2, 0.25) is 0 Å². The van der Waals surface area contributed by atoms with E-state index in [0.29, 0.717) is 0 Å². The predicted molar refractivity (Wildman–Crippen MR) is 67.4 cm³/mol. The third-order valence-corrected chi connectivity index (χ3v) is 2.19. The molecule has 1 aliphatic heterocycles. The van der Waals surface area contributed by atoms with Gasteiger partial charge in [0.15, 0.2) is 0 Å². The quantitative estimate of drug-likeness (QED) is 0.464. The first-order valence-corrected chi connectivity index (χ1v) is 5.78. The van der Waals surface area contributed by atoms with Crippen molar-refractivity contribution in [3.8, 4) is 0 Å². The number of pyridine rings is 1. The fourth-order valence-corrected chi connectivity index (χ4v) is 1.37. The molecule has 1 aromatic heterocycles. The fraction of sp³-hybridized carbons (Fsp3) is 0.583. The van der Waals surface area contributed by atoms with Gasteiger partial charge in [-0.2, -0.15) is 0 Å². The van der Waals surface area contributed by atoms with E-state index in [9.17, 15) is 0 Å². The van der Waals surface area contributed by atoms with E-state index in [-0.39, 0.29) is 13.1 Å². The second-order valence-corrected chi connectivity index (χ2v) is 3.83. The topological polar surface area (TPSA) is 97.1 Å². The van der Waals surface area contributed by atoms with Crippen molar-refractivity contribution in [1.29, 1.82) is 0 Å². The van der Waals surface area contributed by atoms with Crippen LogP contribution in [0.25, 0.3) is 0 Å². The molecule has 2 heterocycles. The lowest BCUT2D eigenvalue weighted by atomic mass is 10.1. The molecule has 6 heteroatoms. The van der Waals surface area contributed by atoms with Crippen LogP contribution in [0.1, 0.15) is 13.8 Å². The lowest BCUT2D eigenvalue weighted by Crippen LogP contribution is -2.53. The molecule has 0 aliphatic carbocycles. The van der Waals surface area contributed by atoms with Crippen LogP contribution in [-0.4, -0.2) is 62.0 Å². The molecule has 104 valence electrons. The summed E-state index contributed by atoms with van der Waals surface area (Å²) in [6.45, 7) is 3.69. The number of aliphatic hydroxyl groups is 4. The zero-order valence-corrected chi connectivity index (χ0v) is 11.0. The summed E-state index contributed by atoms with van der Waals surface area (Å²) in [6.07, 6.45) is 3.50. The van der Waals surface area contributed by atoms with Crippen molar-refractivity contribution in [2.24, 2.45) is 0 Å². The van der Waals surface area contributed by atoms with E-state index in [0.717, 1.165) is 0 Å². The number of hydrogen-bond acceptors (Lipinski definition) is 6. The lowest BCUT2D eigenvalue weighted by molar-refractivity contribution is -0.328. The average molecular weight is 258 g/mol. The molecule has 1 aliphatic rings. The number of rotatable bonds is 0. The molecule has 0 spiro atoms. The second kappa shape index (κ2) is 7.40. The largest absolute Gasteiger partial charge is 0.360 e. The van der Waals surface area contributed by atoms with Crippen LogP contribution in [0.15, 0.2) is 30.6 Å². The Labute approximate surface area is 107 Å². The van der Waals surface area contributed by atoms with Gasteiger partial charge in [0.1, 0.15) is 0 Å². The Morgan fingerprint density at radius 1 is 0.889 bits per heavy atom. The first kappa shape index (κ1) is 16.9. The Hall–Kier alpha value is -1.05. The summed E-state index contributed by atoms with van der Waals surface area (Å²) in [6, 6.07) is 5.72. The van der Waals surface area contributed by atoms with Crippen LogP contribution in [-0.2, 0) is 0 Å². The van der Waals surface area contributed by atoms with E-state index >= 15 is 0 Å². The Morgan fingerprint density at radius 2 is 1.28 bits per heavy atom. The van der Waals surface area contributed by atoms with Gasteiger partial charge < -0.3 is 20.4 Å². The standard InChI is InChI=1S/C5H11NO4.C5H5N.C2H6/c1-6-2-4(7,8)5(9,10)3-6;1-2-4-6-5-3-1;1-2/h7-10H,2-3H2,1H3;1-5H;1-2H3. The van der Waals surface area contributed by atoms with Crippen LogP contribution in [0, 0.1) is 0 Å². The predicted octanol–water partition coefficient (Wildman–Crippen LogP) is -0.599. The van der Waals surface area contributed by atoms with E-state index in [4.69, 9.17) is 20.4 Å². The van der Waals surface area contributed by atoms with Gasteiger partial charge in [0.25, 0.3) is 0 Å². The molecule has 0 amide bonds. The van der Waals surface area contributed by atoms with E-state index < -0.39 is 11.6 Å². The summed E-state index contributed by atoms with van der Waals surface area (Å²) in [5, 5.41) is 35.6. The number of nitrogens with zero attached hydrogens (tertiary/aromatic N) is 2. The molecule has 1 aromatic rings. The van der Waals surface area contributed by atoms with Crippen LogP contribution in [0.4, 0.5) is 0 Å². The van der Waals surface area contributed by atoms with Crippen molar-refractivity contribution in [1.82, 2.24) is 9.88 Å². The molecule has 1 saturated heterocycles. The molecule has 0 saturated carbocycles. The highest BCUT2D eigenvalue weighted by Gasteiger charge is 2.53. The van der Waals surface area contributed by atoms with Crippen molar-refractivity contribution in [2.45, 2.75) is 25.4 Å². The number of aromatic nitrogens is 1. The fourth-order valence-electron chi connectivity index (χ4n) is 1.37. The normalized spacial score (nSPS) is 20.2. The maximum absolute atomic E-state index is 8.91. The van der Waals surface area contributed by atoms with Crippen molar-refractivity contribution >= 4 is 0 Å². The third kappa shape index (κ3) is 5.07. The van der Waals surface area contributed by atoms with Gasteiger partial charge >= 0.3 is 0 Å². The van der Waals surface area contributed by atoms with Crippen LogP contribution in [0.3, 0.4) is 0 Å². The van der Waals surface area contributed by atoms with Gasteiger partial charge in [-0.1, -0.05) is 19.9 Å². The van der Waals surface area contributed by atoms with Gasteiger partial charge in [-0.05, 0) is 19.2 Å². The molecule has 4 N–H and O–H groups in total. The zero-order chi connectivity index (χ0) is 14.2. The lowest BCUT2D eigenvalue weighted by Gasteiger charge is -2.25. The minimum atomic E-state index is -2.40. The first-order valence-electron chi connectivity index (χ1n) is 5.78. The molecule has 0 unspecified atom stereocenters. The summed E-state index contributed by atoms with van der Waals surface area (Å²) >= 11 is 0. The van der Waals surface area contributed by atoms with E-state index in [2.05, 4.69) is 4.98 Å². The Morgan fingerprint density at radius 3 is 1.39 bits per heavy atom. The minimum absolute atomic E-state index is 0.153. The average Bonchev–Trinajstić information content (AvgIpc) is 2.51. The molecular weight excluding hydrogens is 236 g/mol. The third-order valence-electron chi connectivity index (χ3n) is 2.19. The van der Waals surface area contributed by atoms with Crippen molar-refractivity contribution < 1.29 is 20.4 Å². The molecule has 0 atom stereocenters. The van der Waals surface area contributed by atoms with Gasteiger partial charge in [-0.15, -0.1) is 0 Å². The van der Waals surface area contributed by atoms with E-state index in [1.165, 1.54) is 4.90 Å². The maximum Gasteiger partial charge on any atom is 0.232 e. The molecule has 0 radical (unpaired) electrons. The van der Waals surface area contributed by atoms with Gasteiger partial charge in [0.2, 0.25) is 11.6 Å². The Balaban J connectivity index is 0.000000308. The highest BCUT2D eigenvalue weighted by Crippen LogP contribution is 2.25. The van der Waals surface area contributed by atoms with Gasteiger partial charge in [-0.3, -0.25) is 9.88 Å². The minimum Gasteiger partial charge on any atom is -0.360 e. The van der Waals surface area contributed by atoms with Gasteiger partial charge in [-0.25, -0.2) is 0 Å². The summed E-state index contributed by atoms with van der Waals surface area (Å²) < 4.78 is 0. The maximum atomic E-state index is 8.91. The number of likely N-dealkylation sites (tertiary alicyclic amines) is 1. The number of likely N-dealkylation sites (N-methyl/N-ethyl adjacent to an activating group) is 1. The van der Waals surface area contributed by atoms with E-state index in [1.54, 1.807) is 19.4 Å². The second-order valence-electron chi connectivity index (χ2n) is 3.83. The Kier molecular flexibility index (Phi) is 6.97. The smallest absolute Gasteiger partial charge is 0.232 e. The molecule has 0 bridgehead atoms. The highest BCUT2D eigenvalue weighted by atomic mass is 16.6. The molecule has 2 rings (SSSR count). The van der Waals surface area contributed by atoms with Crippen LogP contribution < -0.4 is 0 Å². The van der Waals surface area contributed by atoms with E-state index in [1.807, 2.05) is 32.0 Å². The SMILES string of the molecule is CC.CN1CC(O)(O)C(O)(O)C1.c1ccncc1. The van der Waals surface area contributed by atoms with Gasteiger partial charge in [0.05, 0.1) is 13.1 Å². The molecule has 0 aromatic carbocycles. The highest BCUT2D eigenvalue weighted by molar-refractivity contribution is 4.93. The summed E-state index contributed by atoms with van der Waals surface area (Å²) in [5.74, 6) is -4.80. The molecule has 6 nitrogen and oxygen atoms in total. The van der Waals surface area contributed by atoms with Gasteiger partial charge in [0, 0.05) is 12.4 Å². The first-order chi connectivity index (χ1) is 8.35. The van der Waals surface area contributed by atoms with Crippen LogP contribution >= 0.6 is 0 Å². The molecule has 1 fully saturated rings.